The zero-order chi connectivity index (χ0) is 15.6. The van der Waals surface area contributed by atoms with Crippen LogP contribution in [0.15, 0.2) is 29.2 Å². The molecule has 0 saturated heterocycles. The second-order valence-corrected chi connectivity index (χ2v) is 7.97. The Hall–Kier alpha value is -1.27. The summed E-state index contributed by atoms with van der Waals surface area (Å²) in [7, 11) is 1.46. The molecule has 0 heterocycles. The Morgan fingerprint density at radius 2 is 1.75 bits per heavy atom. The van der Waals surface area contributed by atoms with Crippen molar-refractivity contribution < 1.29 is 17.9 Å². The van der Waals surface area contributed by atoms with Gasteiger partial charge in [0.25, 0.3) is 15.0 Å². The van der Waals surface area contributed by atoms with E-state index in [0.717, 1.165) is 0 Å². The molecule has 1 aromatic carbocycles. The second kappa shape index (κ2) is 6.01. The number of amides is 1. The molecule has 1 rings (SSSR count). The smallest absolute Gasteiger partial charge is 0.261 e. The summed E-state index contributed by atoms with van der Waals surface area (Å²) in [6, 6.07) is 5.56. The fourth-order valence-electron chi connectivity index (χ4n) is 1.41. The third kappa shape index (κ3) is 5.38. The monoisotopic (exact) mass is 319 g/mol. The average molecular weight is 320 g/mol. The van der Waals surface area contributed by atoms with Crippen molar-refractivity contribution >= 4 is 25.6 Å². The minimum atomic E-state index is -3.75. The Morgan fingerprint density at radius 3 is 2.15 bits per heavy atom. The van der Waals surface area contributed by atoms with Crippen molar-refractivity contribution in [3.8, 4) is 5.75 Å². The summed E-state index contributed by atoms with van der Waals surface area (Å²) in [4.78, 5) is 11.8. The summed E-state index contributed by atoms with van der Waals surface area (Å²) in [6.45, 7) is 7.24. The molecule has 112 valence electrons. The molecule has 0 fully saturated rings. The van der Waals surface area contributed by atoms with Crippen molar-refractivity contribution in [2.75, 3.05) is 0 Å². The van der Waals surface area contributed by atoms with Crippen molar-refractivity contribution in [3.05, 3.63) is 24.3 Å². The molecule has 0 aliphatic heterocycles. The Labute approximate surface area is 123 Å². The highest BCUT2D eigenvalue weighted by Crippen LogP contribution is 2.20. The van der Waals surface area contributed by atoms with Gasteiger partial charge >= 0.3 is 0 Å². The highest BCUT2D eigenvalue weighted by atomic mass is 35.7. The van der Waals surface area contributed by atoms with Gasteiger partial charge < -0.3 is 10.1 Å². The molecule has 0 radical (unpaired) electrons. The van der Waals surface area contributed by atoms with Crippen LogP contribution in [0.5, 0.6) is 5.75 Å². The number of ether oxygens (including phenoxy) is 1. The highest BCUT2D eigenvalue weighted by molar-refractivity contribution is 8.13. The minimum Gasteiger partial charge on any atom is -0.481 e. The molecule has 0 aliphatic carbocycles. The first-order valence-electron chi connectivity index (χ1n) is 6.02. The van der Waals surface area contributed by atoms with Gasteiger partial charge in [0.1, 0.15) is 5.75 Å². The van der Waals surface area contributed by atoms with Crippen LogP contribution < -0.4 is 10.1 Å². The van der Waals surface area contributed by atoms with Gasteiger partial charge in [0.05, 0.1) is 4.90 Å². The van der Waals surface area contributed by atoms with Crippen molar-refractivity contribution in [3.63, 3.8) is 0 Å². The van der Waals surface area contributed by atoms with E-state index in [0.29, 0.717) is 5.75 Å². The van der Waals surface area contributed by atoms with Crippen LogP contribution in [0.1, 0.15) is 27.7 Å². The van der Waals surface area contributed by atoms with E-state index in [9.17, 15) is 13.2 Å². The number of carbonyl (C=O) groups is 1. The highest BCUT2D eigenvalue weighted by Gasteiger charge is 2.20. The number of hydrogen-bond donors (Lipinski definition) is 1. The molecule has 0 aliphatic rings. The Balaban J connectivity index is 2.72. The minimum absolute atomic E-state index is 0.0155. The lowest BCUT2D eigenvalue weighted by Crippen LogP contribution is -2.46. The molecule has 7 heteroatoms. The summed E-state index contributed by atoms with van der Waals surface area (Å²) in [5.74, 6) is 0.150. The molecule has 1 N–H and O–H groups in total. The van der Waals surface area contributed by atoms with Gasteiger partial charge in [-0.2, -0.15) is 0 Å². The molecule has 0 aromatic heterocycles. The fourth-order valence-corrected chi connectivity index (χ4v) is 2.18. The van der Waals surface area contributed by atoms with E-state index in [1.165, 1.54) is 24.3 Å². The van der Waals surface area contributed by atoms with Crippen LogP contribution in [0.3, 0.4) is 0 Å². The topological polar surface area (TPSA) is 72.5 Å². The van der Waals surface area contributed by atoms with E-state index in [4.69, 9.17) is 15.4 Å². The van der Waals surface area contributed by atoms with Gasteiger partial charge in [-0.15, -0.1) is 0 Å². The number of halogens is 1. The van der Waals surface area contributed by atoms with E-state index in [-0.39, 0.29) is 16.3 Å². The lowest BCUT2D eigenvalue weighted by molar-refractivity contribution is -0.128. The van der Waals surface area contributed by atoms with Crippen LogP contribution >= 0.6 is 10.7 Å². The van der Waals surface area contributed by atoms with Gasteiger partial charge in [0.2, 0.25) is 0 Å². The van der Waals surface area contributed by atoms with Gasteiger partial charge in [-0.3, -0.25) is 4.79 Å². The molecule has 1 aromatic rings. The van der Waals surface area contributed by atoms with E-state index in [1.54, 1.807) is 6.92 Å². The zero-order valence-corrected chi connectivity index (χ0v) is 13.4. The summed E-state index contributed by atoms with van der Waals surface area (Å²) in [5, 5.41) is 2.79. The van der Waals surface area contributed by atoms with Gasteiger partial charge in [-0.05, 0) is 52.0 Å². The SMILES string of the molecule is CC(Oc1ccc(S(=O)(=O)Cl)cc1)C(=O)NC(C)(C)C. The normalized spacial score (nSPS) is 13.7. The first-order valence-corrected chi connectivity index (χ1v) is 8.33. The second-order valence-electron chi connectivity index (χ2n) is 5.41. The molecule has 20 heavy (non-hydrogen) atoms. The predicted molar refractivity (Wildman–Crippen MR) is 77.5 cm³/mol. The number of benzene rings is 1. The molecule has 5 nitrogen and oxygen atoms in total. The van der Waals surface area contributed by atoms with E-state index < -0.39 is 15.2 Å². The molecule has 1 amide bonds. The summed E-state index contributed by atoms with van der Waals surface area (Å²) < 4.78 is 27.6. The van der Waals surface area contributed by atoms with Gasteiger partial charge in [-0.1, -0.05) is 0 Å². The van der Waals surface area contributed by atoms with Crippen LogP contribution in [-0.2, 0) is 13.8 Å². The van der Waals surface area contributed by atoms with Crippen molar-refractivity contribution in [1.29, 1.82) is 0 Å². The third-order valence-corrected chi connectivity index (χ3v) is 3.66. The maximum absolute atomic E-state index is 11.8. The maximum atomic E-state index is 11.8. The number of rotatable bonds is 4. The van der Waals surface area contributed by atoms with Gasteiger partial charge in [-0.25, -0.2) is 8.42 Å². The van der Waals surface area contributed by atoms with Crippen LogP contribution in [-0.4, -0.2) is 26.0 Å². The third-order valence-electron chi connectivity index (χ3n) is 2.29. The molecule has 1 atom stereocenters. The molecule has 1 unspecified atom stereocenters. The lowest BCUT2D eigenvalue weighted by atomic mass is 10.1. The summed E-state index contributed by atoms with van der Waals surface area (Å²) >= 11 is 0. The molecule has 0 spiro atoms. The Bertz CT molecular complexity index is 575. The fraction of sp³-hybridized carbons (Fsp3) is 0.462. The van der Waals surface area contributed by atoms with Crippen molar-refractivity contribution in [2.24, 2.45) is 0 Å². The standard InChI is InChI=1S/C13H18ClNO4S/c1-9(12(16)15-13(2,3)4)19-10-5-7-11(8-6-10)20(14,17)18/h5-9H,1-4H3,(H,15,16). The average Bonchev–Trinajstić information content (AvgIpc) is 2.26. The summed E-state index contributed by atoms with van der Waals surface area (Å²) in [6.07, 6.45) is -0.687. The van der Waals surface area contributed by atoms with Crippen LogP contribution in [0.4, 0.5) is 0 Å². The quantitative estimate of drug-likeness (QED) is 0.864. The molecule has 0 saturated carbocycles. The van der Waals surface area contributed by atoms with Gasteiger partial charge in [0.15, 0.2) is 6.10 Å². The van der Waals surface area contributed by atoms with E-state index in [2.05, 4.69) is 5.32 Å². The summed E-state index contributed by atoms with van der Waals surface area (Å²) in [5.41, 5.74) is -0.342. The number of hydrogen-bond acceptors (Lipinski definition) is 4. The lowest BCUT2D eigenvalue weighted by Gasteiger charge is -2.23. The van der Waals surface area contributed by atoms with Crippen molar-refractivity contribution in [2.45, 2.75) is 44.2 Å². The number of nitrogens with one attached hydrogen (secondary N) is 1. The first kappa shape index (κ1) is 16.8. The number of carbonyl (C=O) groups excluding carboxylic acids is 1. The van der Waals surface area contributed by atoms with Crippen LogP contribution in [0.25, 0.3) is 0 Å². The maximum Gasteiger partial charge on any atom is 0.261 e. The van der Waals surface area contributed by atoms with Crippen LogP contribution in [0, 0.1) is 0 Å². The Kier molecular flexibility index (Phi) is 5.05. The van der Waals surface area contributed by atoms with E-state index in [1.807, 2.05) is 20.8 Å². The van der Waals surface area contributed by atoms with Crippen molar-refractivity contribution in [1.82, 2.24) is 5.32 Å². The predicted octanol–water partition coefficient (Wildman–Crippen LogP) is 2.30. The van der Waals surface area contributed by atoms with Gasteiger partial charge in [0, 0.05) is 16.2 Å². The first-order chi connectivity index (χ1) is 8.99. The largest absolute Gasteiger partial charge is 0.481 e. The molecular formula is C13H18ClNO4S. The molecule has 0 bridgehead atoms. The molecular weight excluding hydrogens is 302 g/mol. The zero-order valence-electron chi connectivity index (χ0n) is 11.8. The van der Waals surface area contributed by atoms with Crippen LogP contribution in [0.2, 0.25) is 0 Å². The Morgan fingerprint density at radius 1 is 1.25 bits per heavy atom. The van der Waals surface area contributed by atoms with E-state index >= 15 is 0 Å².